The Hall–Kier alpha value is -1.55. The summed E-state index contributed by atoms with van der Waals surface area (Å²) < 4.78 is 2.96. The second kappa shape index (κ2) is 5.87. The maximum absolute atomic E-state index is 5.24. The van der Waals surface area contributed by atoms with Crippen LogP contribution in [0, 0.1) is 11.7 Å². The standard InChI is InChI=1S/C14H19N3S/c1-12-11-15-14(18)17(12)10-6-9-16(2)13-7-4-3-5-8-13/h3-5,7-8,11H,6,9-10H2,1-2H3,(H,15,18). The van der Waals surface area contributed by atoms with Crippen LogP contribution in [0.2, 0.25) is 0 Å². The molecule has 18 heavy (non-hydrogen) atoms. The zero-order valence-electron chi connectivity index (χ0n) is 10.9. The minimum Gasteiger partial charge on any atom is -0.375 e. The van der Waals surface area contributed by atoms with Crippen molar-refractivity contribution in [2.45, 2.75) is 19.9 Å². The van der Waals surface area contributed by atoms with E-state index >= 15 is 0 Å². The van der Waals surface area contributed by atoms with E-state index in [1.807, 2.05) is 12.3 Å². The van der Waals surface area contributed by atoms with Gasteiger partial charge < -0.3 is 14.5 Å². The van der Waals surface area contributed by atoms with Gasteiger partial charge in [-0.15, -0.1) is 0 Å². The Labute approximate surface area is 113 Å². The van der Waals surface area contributed by atoms with Gasteiger partial charge in [-0.05, 0) is 37.7 Å². The van der Waals surface area contributed by atoms with Gasteiger partial charge in [-0.3, -0.25) is 0 Å². The van der Waals surface area contributed by atoms with Gasteiger partial charge in [0.1, 0.15) is 0 Å². The topological polar surface area (TPSA) is 24.0 Å². The summed E-state index contributed by atoms with van der Waals surface area (Å²) in [5, 5.41) is 0. The number of nitrogens with zero attached hydrogens (tertiary/aromatic N) is 2. The van der Waals surface area contributed by atoms with Crippen LogP contribution in [-0.2, 0) is 6.54 Å². The van der Waals surface area contributed by atoms with Gasteiger partial charge in [-0.2, -0.15) is 0 Å². The molecule has 96 valence electrons. The van der Waals surface area contributed by atoms with Crippen LogP contribution in [0.5, 0.6) is 0 Å². The lowest BCUT2D eigenvalue weighted by Gasteiger charge is -2.19. The first-order valence-electron chi connectivity index (χ1n) is 6.19. The number of imidazole rings is 1. The molecule has 2 aromatic rings. The summed E-state index contributed by atoms with van der Waals surface area (Å²) in [4.78, 5) is 5.34. The van der Waals surface area contributed by atoms with Gasteiger partial charge in [-0.1, -0.05) is 18.2 Å². The quantitative estimate of drug-likeness (QED) is 0.834. The van der Waals surface area contributed by atoms with Crippen molar-refractivity contribution < 1.29 is 0 Å². The van der Waals surface area contributed by atoms with Gasteiger partial charge in [-0.25, -0.2) is 0 Å². The number of rotatable bonds is 5. The minimum atomic E-state index is 0.815. The van der Waals surface area contributed by atoms with Crippen LogP contribution in [0.15, 0.2) is 36.5 Å². The Kier molecular flexibility index (Phi) is 4.20. The number of anilines is 1. The number of hydrogen-bond acceptors (Lipinski definition) is 2. The van der Waals surface area contributed by atoms with E-state index < -0.39 is 0 Å². The van der Waals surface area contributed by atoms with Crippen molar-refractivity contribution >= 4 is 17.9 Å². The van der Waals surface area contributed by atoms with Gasteiger partial charge >= 0.3 is 0 Å². The minimum absolute atomic E-state index is 0.815. The molecule has 0 aliphatic heterocycles. The number of nitrogens with one attached hydrogen (secondary N) is 1. The highest BCUT2D eigenvalue weighted by atomic mass is 32.1. The molecular weight excluding hydrogens is 242 g/mol. The molecule has 0 amide bonds. The molecule has 0 radical (unpaired) electrons. The van der Waals surface area contributed by atoms with Crippen molar-refractivity contribution in [3.8, 4) is 0 Å². The fourth-order valence-electron chi connectivity index (χ4n) is 2.04. The van der Waals surface area contributed by atoms with Crippen molar-refractivity contribution in [1.82, 2.24) is 9.55 Å². The van der Waals surface area contributed by atoms with E-state index in [-0.39, 0.29) is 0 Å². The highest BCUT2D eigenvalue weighted by Crippen LogP contribution is 2.11. The summed E-state index contributed by atoms with van der Waals surface area (Å²) in [7, 11) is 2.12. The first-order valence-corrected chi connectivity index (χ1v) is 6.60. The van der Waals surface area contributed by atoms with Crippen molar-refractivity contribution in [3.05, 3.63) is 47.0 Å². The first-order chi connectivity index (χ1) is 8.68. The van der Waals surface area contributed by atoms with E-state index in [2.05, 4.69) is 52.7 Å². The predicted octanol–water partition coefficient (Wildman–Crippen LogP) is 3.38. The normalized spacial score (nSPS) is 10.6. The van der Waals surface area contributed by atoms with Crippen LogP contribution in [0.4, 0.5) is 5.69 Å². The fraction of sp³-hybridized carbons (Fsp3) is 0.357. The number of aromatic amines is 1. The smallest absolute Gasteiger partial charge is 0.177 e. The first kappa shape index (κ1) is 12.9. The van der Waals surface area contributed by atoms with Gasteiger partial charge in [0.15, 0.2) is 4.77 Å². The molecule has 4 heteroatoms. The van der Waals surface area contributed by atoms with E-state index in [0.29, 0.717) is 0 Å². The molecule has 0 aliphatic carbocycles. The lowest BCUT2D eigenvalue weighted by molar-refractivity contribution is 0.619. The second-order valence-electron chi connectivity index (χ2n) is 4.50. The molecule has 0 aliphatic rings. The Balaban J connectivity index is 1.88. The number of aryl methyl sites for hydroxylation is 1. The molecule has 0 atom stereocenters. The van der Waals surface area contributed by atoms with Crippen LogP contribution in [0.3, 0.4) is 0 Å². The molecule has 1 N–H and O–H groups in total. The van der Waals surface area contributed by atoms with Crippen LogP contribution in [-0.4, -0.2) is 23.1 Å². The highest BCUT2D eigenvalue weighted by molar-refractivity contribution is 7.71. The maximum Gasteiger partial charge on any atom is 0.177 e. The Bertz CT molecular complexity index is 542. The van der Waals surface area contributed by atoms with Crippen LogP contribution in [0.25, 0.3) is 0 Å². The lowest BCUT2D eigenvalue weighted by Crippen LogP contribution is -2.19. The van der Waals surface area contributed by atoms with E-state index in [9.17, 15) is 0 Å². The van der Waals surface area contributed by atoms with Crippen molar-refractivity contribution in [2.24, 2.45) is 0 Å². The molecule has 0 unspecified atom stereocenters. The average Bonchev–Trinajstić information content (AvgIpc) is 2.71. The van der Waals surface area contributed by atoms with E-state index in [0.717, 1.165) is 24.3 Å². The molecule has 0 bridgehead atoms. The van der Waals surface area contributed by atoms with Gasteiger partial charge in [0.25, 0.3) is 0 Å². The fourth-order valence-corrected chi connectivity index (χ4v) is 2.33. The third kappa shape index (κ3) is 3.01. The molecule has 1 aromatic carbocycles. The number of benzene rings is 1. The molecule has 2 rings (SSSR count). The SMILES string of the molecule is Cc1c[nH]c(=S)n1CCCN(C)c1ccccc1. The zero-order chi connectivity index (χ0) is 13.0. The van der Waals surface area contributed by atoms with E-state index in [4.69, 9.17) is 12.2 Å². The third-order valence-electron chi connectivity index (χ3n) is 3.15. The number of aromatic nitrogens is 2. The van der Waals surface area contributed by atoms with Gasteiger partial charge in [0.2, 0.25) is 0 Å². The molecular formula is C14H19N3S. The summed E-state index contributed by atoms with van der Waals surface area (Å²) in [6, 6.07) is 10.4. The molecule has 3 nitrogen and oxygen atoms in total. The van der Waals surface area contributed by atoms with Crippen molar-refractivity contribution in [1.29, 1.82) is 0 Å². The second-order valence-corrected chi connectivity index (χ2v) is 4.88. The molecule has 1 heterocycles. The molecule has 0 saturated heterocycles. The Morgan fingerprint density at radius 3 is 2.61 bits per heavy atom. The largest absolute Gasteiger partial charge is 0.375 e. The molecule has 1 aromatic heterocycles. The summed E-state index contributed by atoms with van der Waals surface area (Å²) in [6.07, 6.45) is 3.04. The monoisotopic (exact) mass is 261 g/mol. The van der Waals surface area contributed by atoms with Gasteiger partial charge in [0.05, 0.1) is 0 Å². The molecule has 0 saturated carbocycles. The maximum atomic E-state index is 5.24. The zero-order valence-corrected chi connectivity index (χ0v) is 11.7. The Morgan fingerprint density at radius 2 is 2.00 bits per heavy atom. The Morgan fingerprint density at radius 1 is 1.28 bits per heavy atom. The summed E-state index contributed by atoms with van der Waals surface area (Å²) in [5.74, 6) is 0. The number of H-pyrrole nitrogens is 1. The van der Waals surface area contributed by atoms with E-state index in [1.165, 1.54) is 11.4 Å². The molecule has 0 spiro atoms. The summed E-state index contributed by atoms with van der Waals surface area (Å²) in [6.45, 7) is 4.06. The lowest BCUT2D eigenvalue weighted by atomic mass is 10.3. The number of hydrogen-bond donors (Lipinski definition) is 1. The number of para-hydroxylation sites is 1. The van der Waals surface area contributed by atoms with E-state index in [1.54, 1.807) is 0 Å². The molecule has 0 fully saturated rings. The third-order valence-corrected chi connectivity index (χ3v) is 3.49. The summed E-state index contributed by atoms with van der Waals surface area (Å²) in [5.41, 5.74) is 2.45. The van der Waals surface area contributed by atoms with Crippen molar-refractivity contribution in [3.63, 3.8) is 0 Å². The predicted molar refractivity (Wildman–Crippen MR) is 78.7 cm³/mol. The van der Waals surface area contributed by atoms with Crippen LogP contribution >= 0.6 is 12.2 Å². The summed E-state index contributed by atoms with van der Waals surface area (Å²) >= 11 is 5.24. The van der Waals surface area contributed by atoms with Gasteiger partial charge in [0, 0.05) is 37.7 Å². The van der Waals surface area contributed by atoms with Crippen molar-refractivity contribution in [2.75, 3.05) is 18.5 Å². The highest BCUT2D eigenvalue weighted by Gasteiger charge is 2.02. The van der Waals surface area contributed by atoms with Crippen LogP contribution in [0.1, 0.15) is 12.1 Å². The average molecular weight is 261 g/mol. The van der Waals surface area contributed by atoms with Crippen LogP contribution < -0.4 is 4.90 Å².